The van der Waals surface area contributed by atoms with E-state index in [1.807, 2.05) is 6.07 Å². The number of anilines is 1. The minimum Gasteiger partial charge on any atom is -0.507 e. The minimum atomic E-state index is -1.23. The number of carbonyl (C=O) groups excluding carboxylic acids is 1. The highest BCUT2D eigenvalue weighted by Gasteiger charge is 2.17. The molecule has 0 unspecified atom stereocenters. The van der Waals surface area contributed by atoms with Crippen LogP contribution in [0.2, 0.25) is 0 Å². The van der Waals surface area contributed by atoms with Crippen molar-refractivity contribution in [2.45, 2.75) is 19.3 Å². The van der Waals surface area contributed by atoms with Gasteiger partial charge in [-0.15, -0.1) is 0 Å². The Morgan fingerprint density at radius 3 is 2.32 bits per heavy atom. The molecule has 6 nitrogen and oxygen atoms in total. The van der Waals surface area contributed by atoms with Gasteiger partial charge in [0.15, 0.2) is 5.78 Å². The van der Waals surface area contributed by atoms with Gasteiger partial charge < -0.3 is 15.1 Å². The van der Waals surface area contributed by atoms with Crippen LogP contribution in [-0.2, 0) is 0 Å². The molecule has 0 saturated carbocycles. The van der Waals surface area contributed by atoms with Crippen LogP contribution in [-0.4, -0.2) is 59.6 Å². The van der Waals surface area contributed by atoms with Crippen LogP contribution >= 0.6 is 0 Å². The van der Waals surface area contributed by atoms with Crippen LogP contribution in [0.3, 0.4) is 0 Å². The summed E-state index contributed by atoms with van der Waals surface area (Å²) in [5, 5.41) is 18.6. The molecule has 0 amide bonds. The van der Waals surface area contributed by atoms with Crippen LogP contribution in [0.15, 0.2) is 48.5 Å². The zero-order valence-corrected chi connectivity index (χ0v) is 15.9. The molecule has 0 radical (unpaired) electrons. The number of Topliss-reactive ketones (excluding diaryl/α,β-unsaturated/α-hetero) is 1. The molecular formula is C22H26N2O4. The molecule has 1 heterocycles. The van der Waals surface area contributed by atoms with Crippen molar-refractivity contribution in [3.8, 4) is 5.75 Å². The summed E-state index contributed by atoms with van der Waals surface area (Å²) in [7, 11) is 0. The number of aromatic hydroxyl groups is 1. The highest BCUT2D eigenvalue weighted by atomic mass is 16.4. The number of hydrogen-bond acceptors (Lipinski definition) is 5. The Kier molecular flexibility index (Phi) is 6.66. The largest absolute Gasteiger partial charge is 0.507 e. The van der Waals surface area contributed by atoms with Crippen molar-refractivity contribution >= 4 is 17.4 Å². The van der Waals surface area contributed by atoms with Crippen LogP contribution in [0.1, 0.15) is 40.0 Å². The Hall–Kier alpha value is -2.86. The van der Waals surface area contributed by atoms with Gasteiger partial charge in [0.1, 0.15) is 11.3 Å². The molecule has 1 fully saturated rings. The molecule has 0 bridgehead atoms. The summed E-state index contributed by atoms with van der Waals surface area (Å²) in [5.41, 5.74) is 1.37. The Morgan fingerprint density at radius 1 is 0.929 bits per heavy atom. The van der Waals surface area contributed by atoms with E-state index >= 15 is 0 Å². The predicted octanol–water partition coefficient (Wildman–Crippen LogP) is 3.27. The molecule has 0 spiro atoms. The first-order chi connectivity index (χ1) is 13.5. The van der Waals surface area contributed by atoms with Crippen molar-refractivity contribution in [3.05, 3.63) is 59.7 Å². The third-order valence-corrected chi connectivity index (χ3v) is 5.17. The summed E-state index contributed by atoms with van der Waals surface area (Å²) in [6.45, 7) is 5.01. The van der Waals surface area contributed by atoms with Gasteiger partial charge in [-0.25, -0.2) is 4.79 Å². The molecule has 1 aliphatic heterocycles. The van der Waals surface area contributed by atoms with E-state index in [4.69, 9.17) is 5.11 Å². The molecule has 1 saturated heterocycles. The fourth-order valence-corrected chi connectivity index (χ4v) is 3.51. The summed E-state index contributed by atoms with van der Waals surface area (Å²) < 4.78 is 0. The van der Waals surface area contributed by atoms with Crippen molar-refractivity contribution in [1.29, 1.82) is 0 Å². The summed E-state index contributed by atoms with van der Waals surface area (Å²) in [6, 6.07) is 14.4. The van der Waals surface area contributed by atoms with Crippen LogP contribution in [0.5, 0.6) is 5.75 Å². The Labute approximate surface area is 165 Å². The molecule has 3 rings (SSSR count). The zero-order chi connectivity index (χ0) is 19.9. The molecule has 0 aromatic heterocycles. The van der Waals surface area contributed by atoms with Crippen molar-refractivity contribution in [2.24, 2.45) is 0 Å². The average molecular weight is 382 g/mol. The summed E-state index contributed by atoms with van der Waals surface area (Å²) in [5.74, 6) is -1.64. The van der Waals surface area contributed by atoms with E-state index < -0.39 is 5.97 Å². The van der Waals surface area contributed by atoms with Crippen LogP contribution in [0.4, 0.5) is 5.69 Å². The normalized spacial score (nSPS) is 14.8. The van der Waals surface area contributed by atoms with Gasteiger partial charge in [-0.05, 0) is 49.7 Å². The third kappa shape index (κ3) is 5.10. The lowest BCUT2D eigenvalue weighted by atomic mass is 10.0. The first-order valence-corrected chi connectivity index (χ1v) is 9.66. The monoisotopic (exact) mass is 382 g/mol. The van der Waals surface area contributed by atoms with Gasteiger partial charge in [0.05, 0.1) is 0 Å². The van der Waals surface area contributed by atoms with Crippen molar-refractivity contribution in [1.82, 2.24) is 4.90 Å². The lowest BCUT2D eigenvalue weighted by Crippen LogP contribution is -2.46. The van der Waals surface area contributed by atoms with E-state index in [0.717, 1.165) is 45.6 Å². The van der Waals surface area contributed by atoms with Crippen molar-refractivity contribution < 1.29 is 19.8 Å². The second-order valence-corrected chi connectivity index (χ2v) is 7.08. The number of piperazine rings is 1. The smallest absolute Gasteiger partial charge is 0.339 e. The molecule has 2 aromatic rings. The molecule has 148 valence electrons. The zero-order valence-electron chi connectivity index (χ0n) is 15.9. The Morgan fingerprint density at radius 2 is 1.64 bits per heavy atom. The Balaban J connectivity index is 1.39. The summed E-state index contributed by atoms with van der Waals surface area (Å²) >= 11 is 0. The van der Waals surface area contributed by atoms with Gasteiger partial charge in [0.25, 0.3) is 0 Å². The number of benzene rings is 2. The molecule has 1 aliphatic rings. The summed E-state index contributed by atoms with van der Waals surface area (Å²) in [4.78, 5) is 28.2. The topological polar surface area (TPSA) is 81.1 Å². The number of hydrogen-bond donors (Lipinski definition) is 2. The molecule has 2 N–H and O–H groups in total. The maximum atomic E-state index is 12.3. The average Bonchev–Trinajstić information content (AvgIpc) is 2.72. The number of nitrogens with zero attached hydrogens (tertiary/aromatic N) is 2. The quantitative estimate of drug-likeness (QED) is 0.539. The first kappa shape index (κ1) is 19.9. The number of aromatic carboxylic acids is 1. The lowest BCUT2D eigenvalue weighted by Gasteiger charge is -2.36. The Bertz CT molecular complexity index is 815. The molecule has 6 heteroatoms. The van der Waals surface area contributed by atoms with Gasteiger partial charge in [-0.3, -0.25) is 9.69 Å². The fraction of sp³-hybridized carbons (Fsp3) is 0.364. The maximum absolute atomic E-state index is 12.3. The molecule has 0 aliphatic carbocycles. The van der Waals surface area contributed by atoms with E-state index in [1.165, 1.54) is 23.9 Å². The van der Waals surface area contributed by atoms with Gasteiger partial charge in [0, 0.05) is 43.9 Å². The lowest BCUT2D eigenvalue weighted by molar-refractivity contribution is 0.0693. The number of carboxylic acids is 1. The van der Waals surface area contributed by atoms with Crippen LogP contribution < -0.4 is 4.90 Å². The van der Waals surface area contributed by atoms with E-state index in [-0.39, 0.29) is 17.1 Å². The van der Waals surface area contributed by atoms with E-state index in [1.54, 1.807) is 0 Å². The van der Waals surface area contributed by atoms with Gasteiger partial charge >= 0.3 is 5.97 Å². The third-order valence-electron chi connectivity index (χ3n) is 5.17. The van der Waals surface area contributed by atoms with E-state index in [0.29, 0.717) is 12.0 Å². The highest BCUT2D eigenvalue weighted by molar-refractivity contribution is 5.99. The van der Waals surface area contributed by atoms with E-state index in [2.05, 4.69) is 34.1 Å². The molecule has 28 heavy (non-hydrogen) atoms. The second-order valence-electron chi connectivity index (χ2n) is 7.08. The standard InChI is InChI=1S/C22H26N2O4/c25-20(17-9-10-21(26)19(16-17)22(27)28)8-4-5-11-23-12-14-24(15-13-23)18-6-2-1-3-7-18/h1-3,6-7,9-10,16,26H,4-5,8,11-15H2,(H,27,28). The van der Waals surface area contributed by atoms with Gasteiger partial charge in [0.2, 0.25) is 0 Å². The number of phenols is 1. The second kappa shape index (κ2) is 9.37. The van der Waals surface area contributed by atoms with Gasteiger partial charge in [-0.2, -0.15) is 0 Å². The molecule has 0 atom stereocenters. The van der Waals surface area contributed by atoms with Gasteiger partial charge in [-0.1, -0.05) is 18.2 Å². The fourth-order valence-electron chi connectivity index (χ4n) is 3.51. The van der Waals surface area contributed by atoms with E-state index in [9.17, 15) is 14.7 Å². The number of rotatable bonds is 8. The number of carbonyl (C=O) groups is 2. The molecular weight excluding hydrogens is 356 g/mol. The van der Waals surface area contributed by atoms with Crippen LogP contribution in [0.25, 0.3) is 0 Å². The SMILES string of the molecule is O=C(CCCCN1CCN(c2ccccc2)CC1)c1ccc(O)c(C(=O)O)c1. The van der Waals surface area contributed by atoms with Crippen molar-refractivity contribution in [3.63, 3.8) is 0 Å². The minimum absolute atomic E-state index is 0.0867. The van der Waals surface area contributed by atoms with Crippen molar-refractivity contribution in [2.75, 3.05) is 37.6 Å². The highest BCUT2D eigenvalue weighted by Crippen LogP contribution is 2.20. The predicted molar refractivity (Wildman–Crippen MR) is 108 cm³/mol. The number of carboxylic acid groups (broad SMARTS) is 1. The number of unbranched alkanes of at least 4 members (excludes halogenated alkanes) is 1. The number of ketones is 1. The number of para-hydroxylation sites is 1. The van der Waals surface area contributed by atoms with Crippen LogP contribution in [0, 0.1) is 0 Å². The maximum Gasteiger partial charge on any atom is 0.339 e. The first-order valence-electron chi connectivity index (χ1n) is 9.66. The molecule has 2 aromatic carbocycles. The summed E-state index contributed by atoms with van der Waals surface area (Å²) in [6.07, 6.45) is 2.08.